The molecule has 1 amide bonds. The van der Waals surface area contributed by atoms with Crippen LogP contribution in [-0.2, 0) is 21.2 Å². The number of nitrogens with one attached hydrogen (secondary N) is 1. The number of nitrogens with zero attached hydrogens (tertiary/aromatic N) is 1. The van der Waals surface area contributed by atoms with Crippen molar-refractivity contribution in [3.8, 4) is 0 Å². The highest BCUT2D eigenvalue weighted by molar-refractivity contribution is 7.91. The third kappa shape index (κ3) is 4.92. The zero-order chi connectivity index (χ0) is 15.2. The highest BCUT2D eigenvalue weighted by atomic mass is 32.2. The van der Waals surface area contributed by atoms with Crippen molar-refractivity contribution in [3.63, 3.8) is 0 Å². The summed E-state index contributed by atoms with van der Waals surface area (Å²) < 4.78 is 24.3. The van der Waals surface area contributed by atoms with E-state index < -0.39 is 9.84 Å². The maximum Gasteiger partial charge on any atom is 0.233 e. The molecule has 0 atom stereocenters. The molecule has 3 N–H and O–H groups in total. The number of nitrogens with two attached hydrogens (primary N) is 1. The fraction of sp³-hybridized carbons (Fsp3) is 0.462. The Bertz CT molecular complexity index is 540. The van der Waals surface area contributed by atoms with Gasteiger partial charge in [-0.1, -0.05) is 12.1 Å². The van der Waals surface area contributed by atoms with Gasteiger partial charge >= 0.3 is 0 Å². The molecule has 112 valence electrons. The molecule has 0 unspecified atom stereocenters. The minimum absolute atomic E-state index is 0.0253. The van der Waals surface area contributed by atoms with Crippen LogP contribution in [0.5, 0.6) is 0 Å². The molecule has 0 aromatic heterocycles. The van der Waals surface area contributed by atoms with E-state index in [2.05, 4.69) is 5.32 Å². The topological polar surface area (TPSA) is 92.5 Å². The molecular formula is C13H21N3O3S. The Morgan fingerprint density at radius 3 is 2.40 bits per heavy atom. The normalized spacial score (nSPS) is 11.6. The summed E-state index contributed by atoms with van der Waals surface area (Å²) in [6.45, 7) is 0.863. The van der Waals surface area contributed by atoms with E-state index in [1.807, 2.05) is 0 Å². The molecule has 20 heavy (non-hydrogen) atoms. The van der Waals surface area contributed by atoms with E-state index in [1.54, 1.807) is 43.3 Å². The average molecular weight is 299 g/mol. The van der Waals surface area contributed by atoms with Crippen LogP contribution < -0.4 is 11.1 Å². The molecule has 1 aromatic carbocycles. The molecule has 0 fully saturated rings. The summed E-state index contributed by atoms with van der Waals surface area (Å²) in [6.07, 6.45) is 0. The fourth-order valence-electron chi connectivity index (χ4n) is 1.63. The second-order valence-electron chi connectivity index (χ2n) is 4.58. The van der Waals surface area contributed by atoms with Gasteiger partial charge in [-0.15, -0.1) is 0 Å². The molecule has 0 saturated carbocycles. The third-order valence-corrected chi connectivity index (χ3v) is 4.66. The van der Waals surface area contributed by atoms with Gasteiger partial charge in [0.2, 0.25) is 5.91 Å². The quantitative estimate of drug-likeness (QED) is 0.714. The highest BCUT2D eigenvalue weighted by Gasteiger charge is 2.16. The molecule has 1 aromatic rings. The van der Waals surface area contributed by atoms with E-state index in [0.717, 1.165) is 5.56 Å². The van der Waals surface area contributed by atoms with Gasteiger partial charge in [0.05, 0.1) is 17.2 Å². The van der Waals surface area contributed by atoms with Gasteiger partial charge in [0.15, 0.2) is 9.84 Å². The van der Waals surface area contributed by atoms with Gasteiger partial charge in [0, 0.05) is 20.1 Å². The number of sulfone groups is 1. The Labute approximate surface area is 119 Å². The van der Waals surface area contributed by atoms with Gasteiger partial charge in [-0.2, -0.15) is 0 Å². The summed E-state index contributed by atoms with van der Waals surface area (Å²) in [5.74, 6) is -0.167. The Morgan fingerprint density at radius 2 is 1.90 bits per heavy atom. The summed E-state index contributed by atoms with van der Waals surface area (Å²) in [6, 6.07) is 6.55. The van der Waals surface area contributed by atoms with E-state index in [4.69, 9.17) is 5.73 Å². The predicted octanol–water partition coefficient (Wildman–Crippen LogP) is -0.403. The second-order valence-corrected chi connectivity index (χ2v) is 6.69. The van der Waals surface area contributed by atoms with Gasteiger partial charge in [-0.05, 0) is 24.7 Å². The van der Waals surface area contributed by atoms with Gasteiger partial charge in [0.25, 0.3) is 0 Å². The molecule has 0 spiro atoms. The van der Waals surface area contributed by atoms with Crippen molar-refractivity contribution >= 4 is 15.7 Å². The molecule has 0 bridgehead atoms. The van der Waals surface area contributed by atoms with E-state index in [9.17, 15) is 13.2 Å². The van der Waals surface area contributed by atoms with Crippen LogP contribution in [0.15, 0.2) is 29.2 Å². The van der Waals surface area contributed by atoms with Crippen molar-refractivity contribution in [1.29, 1.82) is 0 Å². The van der Waals surface area contributed by atoms with Gasteiger partial charge in [0.1, 0.15) is 0 Å². The maximum absolute atomic E-state index is 12.1. The third-order valence-electron chi connectivity index (χ3n) is 2.95. The maximum atomic E-state index is 12.1. The van der Waals surface area contributed by atoms with Gasteiger partial charge in [-0.25, -0.2) is 8.42 Å². The summed E-state index contributed by atoms with van der Waals surface area (Å²) in [5.41, 5.74) is 6.36. The fourth-order valence-corrected chi connectivity index (χ4v) is 2.97. The number of likely N-dealkylation sites (N-methyl/N-ethyl adjacent to an activating group) is 2. The lowest BCUT2D eigenvalue weighted by atomic mass is 10.2. The summed E-state index contributed by atoms with van der Waals surface area (Å²) in [7, 11) is -0.0789. The molecule has 0 saturated heterocycles. The lowest BCUT2D eigenvalue weighted by Gasteiger charge is -2.15. The minimum atomic E-state index is -3.34. The van der Waals surface area contributed by atoms with Gasteiger partial charge < -0.3 is 11.1 Å². The van der Waals surface area contributed by atoms with Crippen LogP contribution in [0.4, 0.5) is 0 Å². The minimum Gasteiger partial charge on any atom is -0.358 e. The number of hydrogen-bond donors (Lipinski definition) is 2. The Kier molecular flexibility index (Phi) is 6.12. The Hall–Kier alpha value is -1.44. The number of benzene rings is 1. The van der Waals surface area contributed by atoms with Crippen molar-refractivity contribution < 1.29 is 13.2 Å². The second kappa shape index (κ2) is 7.37. The van der Waals surface area contributed by atoms with Crippen molar-refractivity contribution in [1.82, 2.24) is 10.2 Å². The highest BCUT2D eigenvalue weighted by Crippen LogP contribution is 2.12. The van der Waals surface area contributed by atoms with Crippen LogP contribution >= 0.6 is 0 Å². The number of rotatable bonds is 7. The van der Waals surface area contributed by atoms with Crippen LogP contribution in [-0.4, -0.2) is 52.2 Å². The molecule has 1 rings (SSSR count). The first-order valence-corrected chi connectivity index (χ1v) is 7.95. The first-order valence-electron chi connectivity index (χ1n) is 6.30. The van der Waals surface area contributed by atoms with E-state index in [-0.39, 0.29) is 23.1 Å². The Balaban J connectivity index is 2.63. The van der Waals surface area contributed by atoms with Crippen LogP contribution in [0.25, 0.3) is 0 Å². The monoisotopic (exact) mass is 299 g/mol. The van der Waals surface area contributed by atoms with Crippen LogP contribution in [0.1, 0.15) is 5.56 Å². The van der Waals surface area contributed by atoms with Crippen molar-refractivity contribution in [2.45, 2.75) is 11.4 Å². The Morgan fingerprint density at radius 1 is 1.30 bits per heavy atom. The van der Waals surface area contributed by atoms with Crippen molar-refractivity contribution in [3.05, 3.63) is 29.8 Å². The van der Waals surface area contributed by atoms with Crippen LogP contribution in [0, 0.1) is 0 Å². The summed E-state index contributed by atoms with van der Waals surface area (Å²) in [4.78, 5) is 13.1. The molecular weight excluding hydrogens is 278 g/mol. The largest absolute Gasteiger partial charge is 0.358 e. The number of carbonyl (C=O) groups is 1. The van der Waals surface area contributed by atoms with E-state index in [0.29, 0.717) is 13.1 Å². The van der Waals surface area contributed by atoms with E-state index in [1.165, 1.54) is 0 Å². The first kappa shape index (κ1) is 16.6. The van der Waals surface area contributed by atoms with E-state index >= 15 is 0 Å². The molecule has 0 heterocycles. The predicted molar refractivity (Wildman–Crippen MR) is 77.9 cm³/mol. The number of amides is 1. The number of hydrogen-bond acceptors (Lipinski definition) is 5. The lowest BCUT2D eigenvalue weighted by molar-refractivity contribution is -0.121. The first-order chi connectivity index (χ1) is 9.39. The average Bonchev–Trinajstić information content (AvgIpc) is 2.45. The zero-order valence-corrected chi connectivity index (χ0v) is 12.6. The van der Waals surface area contributed by atoms with Gasteiger partial charge in [-0.3, -0.25) is 9.69 Å². The number of carbonyl (C=O) groups excluding carboxylic acids is 1. The van der Waals surface area contributed by atoms with Crippen molar-refractivity contribution in [2.24, 2.45) is 5.73 Å². The van der Waals surface area contributed by atoms with Crippen LogP contribution in [0.2, 0.25) is 0 Å². The molecule has 0 aliphatic carbocycles. The zero-order valence-electron chi connectivity index (χ0n) is 11.8. The molecule has 0 aliphatic rings. The standard InChI is InChI=1S/C13H21N3O3S/c1-15-13(17)10-16(2)7-8-20(18,19)12-5-3-11(9-14)4-6-12/h3-6H,7-10,14H2,1-2H3,(H,15,17). The lowest BCUT2D eigenvalue weighted by Crippen LogP contribution is -2.35. The van der Waals surface area contributed by atoms with Crippen LogP contribution in [0.3, 0.4) is 0 Å². The smallest absolute Gasteiger partial charge is 0.233 e. The van der Waals surface area contributed by atoms with Crippen molar-refractivity contribution in [2.75, 3.05) is 32.9 Å². The molecule has 6 nitrogen and oxygen atoms in total. The molecule has 0 aliphatic heterocycles. The summed E-state index contributed by atoms with van der Waals surface area (Å²) >= 11 is 0. The molecule has 7 heteroatoms. The summed E-state index contributed by atoms with van der Waals surface area (Å²) in [5, 5.41) is 2.50. The SMILES string of the molecule is CNC(=O)CN(C)CCS(=O)(=O)c1ccc(CN)cc1. The molecule has 0 radical (unpaired) electrons.